The number of nitrogens with zero attached hydrogens (tertiary/aromatic N) is 2. The fraction of sp³-hybridized carbons (Fsp3) is 0.500. The minimum absolute atomic E-state index is 0.180. The van der Waals surface area contributed by atoms with Crippen LogP contribution in [0, 0.1) is 25.7 Å². The molecule has 2 aromatic rings. The highest BCUT2D eigenvalue weighted by molar-refractivity contribution is 7.98. The molecule has 2 heterocycles. The van der Waals surface area contributed by atoms with Crippen molar-refractivity contribution < 1.29 is 18.8 Å². The van der Waals surface area contributed by atoms with Crippen molar-refractivity contribution in [3.05, 3.63) is 35.7 Å². The van der Waals surface area contributed by atoms with Crippen LogP contribution in [0.1, 0.15) is 43.6 Å². The lowest BCUT2D eigenvalue weighted by atomic mass is 9.81. The summed E-state index contributed by atoms with van der Waals surface area (Å²) in [6.07, 6.45) is 5.78. The van der Waals surface area contributed by atoms with Crippen molar-refractivity contribution in [3.8, 4) is 11.5 Å². The van der Waals surface area contributed by atoms with Gasteiger partial charge in [0, 0.05) is 11.3 Å². The summed E-state index contributed by atoms with van der Waals surface area (Å²) in [7, 11) is 0. The summed E-state index contributed by atoms with van der Waals surface area (Å²) < 4.78 is 5.70. The molecule has 8 heteroatoms. The van der Waals surface area contributed by atoms with Gasteiger partial charge in [0.15, 0.2) is 0 Å². The molecule has 1 aromatic carbocycles. The number of anilines is 1. The molecule has 1 aromatic heterocycles. The summed E-state index contributed by atoms with van der Waals surface area (Å²) in [6, 6.07) is 6.45. The molecule has 170 valence electrons. The number of aromatic nitrogens is 1. The molecule has 32 heavy (non-hydrogen) atoms. The molecular weight excluding hydrogens is 426 g/mol. The van der Waals surface area contributed by atoms with Gasteiger partial charge in [-0.05, 0) is 63.3 Å². The molecule has 3 unspecified atom stereocenters. The molecule has 0 spiro atoms. The third kappa shape index (κ3) is 4.33. The summed E-state index contributed by atoms with van der Waals surface area (Å²) in [5, 5.41) is 2.92. The summed E-state index contributed by atoms with van der Waals surface area (Å²) in [5.41, 5.74) is 2.14. The number of fused-ring (bicyclic) bond motifs is 1. The van der Waals surface area contributed by atoms with Gasteiger partial charge in [0.05, 0.1) is 17.5 Å². The second kappa shape index (κ2) is 9.48. The Bertz CT molecular complexity index is 991. The van der Waals surface area contributed by atoms with Crippen molar-refractivity contribution in [3.63, 3.8) is 0 Å². The number of benzene rings is 1. The molecule has 3 amide bonds. The fourth-order valence-corrected chi connectivity index (χ4v) is 5.11. The van der Waals surface area contributed by atoms with Gasteiger partial charge in [-0.1, -0.05) is 18.9 Å². The first-order chi connectivity index (χ1) is 15.4. The monoisotopic (exact) mass is 455 g/mol. The van der Waals surface area contributed by atoms with Crippen LogP contribution in [0.2, 0.25) is 0 Å². The largest absolute Gasteiger partial charge is 0.441 e. The summed E-state index contributed by atoms with van der Waals surface area (Å²) >= 11 is 1.59. The highest BCUT2D eigenvalue weighted by Crippen LogP contribution is 2.39. The van der Waals surface area contributed by atoms with E-state index in [1.807, 2.05) is 32.2 Å². The Hall–Kier alpha value is -2.61. The maximum absolute atomic E-state index is 13.3. The predicted octanol–water partition coefficient (Wildman–Crippen LogP) is 4.19. The smallest absolute Gasteiger partial charge is 0.247 e. The number of carbonyl (C=O) groups excluding carboxylic acids is 3. The van der Waals surface area contributed by atoms with E-state index in [1.54, 1.807) is 23.9 Å². The topological polar surface area (TPSA) is 92.5 Å². The quantitative estimate of drug-likeness (QED) is 0.629. The van der Waals surface area contributed by atoms with Gasteiger partial charge in [-0.15, -0.1) is 0 Å². The zero-order valence-corrected chi connectivity index (χ0v) is 19.5. The van der Waals surface area contributed by atoms with Gasteiger partial charge >= 0.3 is 0 Å². The lowest BCUT2D eigenvalue weighted by molar-refractivity contribution is -0.146. The van der Waals surface area contributed by atoms with Crippen molar-refractivity contribution in [2.24, 2.45) is 11.8 Å². The zero-order valence-electron chi connectivity index (χ0n) is 18.7. The molecule has 1 aliphatic heterocycles. The number of carbonyl (C=O) groups is 3. The van der Waals surface area contributed by atoms with Gasteiger partial charge in [0.2, 0.25) is 23.6 Å². The van der Waals surface area contributed by atoms with Crippen LogP contribution in [0.25, 0.3) is 11.5 Å². The number of likely N-dealkylation sites (tertiary alicyclic amines) is 1. The third-order valence-corrected chi connectivity index (χ3v) is 7.13. The van der Waals surface area contributed by atoms with Crippen LogP contribution >= 0.6 is 11.8 Å². The van der Waals surface area contributed by atoms with Gasteiger partial charge in [-0.25, -0.2) is 4.98 Å². The van der Waals surface area contributed by atoms with Crippen LogP contribution in [0.4, 0.5) is 5.69 Å². The molecule has 3 atom stereocenters. The maximum Gasteiger partial charge on any atom is 0.247 e. The van der Waals surface area contributed by atoms with Crippen LogP contribution in [0.15, 0.2) is 28.7 Å². The molecule has 4 rings (SSSR count). The SMILES string of the molecule is CSCCC(C(=O)Nc1cccc(-c2nc(C)c(C)o2)c1)N1C(=O)C2CCCCC2C1=O. The Morgan fingerprint density at radius 1 is 1.22 bits per heavy atom. The van der Waals surface area contributed by atoms with E-state index in [4.69, 9.17) is 4.42 Å². The van der Waals surface area contributed by atoms with Crippen molar-refractivity contribution in [1.82, 2.24) is 9.88 Å². The van der Waals surface area contributed by atoms with E-state index >= 15 is 0 Å². The minimum atomic E-state index is -0.803. The average molecular weight is 456 g/mol. The number of thioether (sulfide) groups is 1. The number of nitrogens with one attached hydrogen (secondary N) is 1. The molecule has 1 aliphatic carbocycles. The molecule has 7 nitrogen and oxygen atoms in total. The van der Waals surface area contributed by atoms with Crippen molar-refractivity contribution in [2.45, 2.75) is 52.0 Å². The number of aryl methyl sites for hydroxylation is 2. The molecular formula is C24H29N3O4S. The Labute approximate surface area is 192 Å². The van der Waals surface area contributed by atoms with E-state index in [-0.39, 0.29) is 29.6 Å². The number of amides is 3. The third-order valence-electron chi connectivity index (χ3n) is 6.49. The van der Waals surface area contributed by atoms with Gasteiger partial charge in [-0.3, -0.25) is 19.3 Å². The van der Waals surface area contributed by atoms with Crippen molar-refractivity contribution in [2.75, 3.05) is 17.3 Å². The zero-order chi connectivity index (χ0) is 22.8. The summed E-state index contributed by atoms with van der Waals surface area (Å²) in [6.45, 7) is 3.74. The minimum Gasteiger partial charge on any atom is -0.441 e. The van der Waals surface area contributed by atoms with E-state index in [0.29, 0.717) is 23.8 Å². The molecule has 0 radical (unpaired) electrons. The van der Waals surface area contributed by atoms with Gasteiger partial charge in [0.1, 0.15) is 11.8 Å². The Morgan fingerprint density at radius 2 is 1.91 bits per heavy atom. The number of hydrogen-bond acceptors (Lipinski definition) is 6. The molecule has 1 saturated heterocycles. The van der Waals surface area contributed by atoms with E-state index < -0.39 is 6.04 Å². The molecule has 1 saturated carbocycles. The van der Waals surface area contributed by atoms with E-state index in [1.165, 1.54) is 4.90 Å². The van der Waals surface area contributed by atoms with Crippen LogP contribution in [-0.4, -0.2) is 45.7 Å². The average Bonchev–Trinajstić information content (AvgIpc) is 3.26. The predicted molar refractivity (Wildman–Crippen MR) is 124 cm³/mol. The van der Waals surface area contributed by atoms with Crippen LogP contribution < -0.4 is 5.32 Å². The number of imide groups is 1. The first-order valence-electron chi connectivity index (χ1n) is 11.1. The van der Waals surface area contributed by atoms with Gasteiger partial charge in [-0.2, -0.15) is 11.8 Å². The van der Waals surface area contributed by atoms with Crippen LogP contribution in [0.5, 0.6) is 0 Å². The highest BCUT2D eigenvalue weighted by Gasteiger charge is 2.51. The summed E-state index contributed by atoms with van der Waals surface area (Å²) in [4.78, 5) is 45.1. The maximum atomic E-state index is 13.3. The normalized spacial score (nSPS) is 21.5. The Morgan fingerprint density at radius 3 is 2.50 bits per heavy atom. The second-order valence-corrected chi connectivity index (χ2v) is 9.56. The second-order valence-electron chi connectivity index (χ2n) is 8.57. The van der Waals surface area contributed by atoms with E-state index in [9.17, 15) is 14.4 Å². The molecule has 1 N–H and O–H groups in total. The van der Waals surface area contributed by atoms with E-state index in [0.717, 1.165) is 42.7 Å². The Balaban J connectivity index is 1.56. The fourth-order valence-electron chi connectivity index (χ4n) is 4.65. The molecule has 2 aliphatic rings. The van der Waals surface area contributed by atoms with Crippen molar-refractivity contribution >= 4 is 35.2 Å². The molecule has 0 bridgehead atoms. The first kappa shape index (κ1) is 22.6. The van der Waals surface area contributed by atoms with Crippen molar-refractivity contribution in [1.29, 1.82) is 0 Å². The molecule has 2 fully saturated rings. The van der Waals surface area contributed by atoms with Gasteiger partial charge in [0.25, 0.3) is 0 Å². The number of hydrogen-bond donors (Lipinski definition) is 1. The highest BCUT2D eigenvalue weighted by atomic mass is 32.2. The lowest BCUT2D eigenvalue weighted by Crippen LogP contribution is -2.48. The lowest BCUT2D eigenvalue weighted by Gasteiger charge is -2.26. The Kier molecular flexibility index (Phi) is 6.69. The summed E-state index contributed by atoms with van der Waals surface area (Å²) in [5.74, 6) is 0.695. The van der Waals surface area contributed by atoms with Crippen LogP contribution in [-0.2, 0) is 14.4 Å². The first-order valence-corrected chi connectivity index (χ1v) is 12.5. The van der Waals surface area contributed by atoms with Crippen LogP contribution in [0.3, 0.4) is 0 Å². The van der Waals surface area contributed by atoms with E-state index in [2.05, 4.69) is 10.3 Å². The standard InChI is InChI=1S/C24H29N3O4S/c1-14-15(2)31-22(25-14)16-7-6-8-17(13-16)26-21(28)20(11-12-32-3)27-23(29)18-9-4-5-10-19(18)24(27)30/h6-8,13,18-20H,4-5,9-12H2,1-3H3,(H,26,28). The number of rotatable bonds is 7. The van der Waals surface area contributed by atoms with Gasteiger partial charge < -0.3 is 9.73 Å². The number of oxazole rings is 1.